The molecule has 6 nitrogen and oxygen atoms in total. The minimum Gasteiger partial charge on any atom is -0.478 e. The first kappa shape index (κ1) is 17.3. The molecule has 2 N–H and O–H groups in total. The van der Waals surface area contributed by atoms with Crippen LogP contribution in [0.2, 0.25) is 0 Å². The molecule has 0 aromatic carbocycles. The highest BCUT2D eigenvalue weighted by molar-refractivity contribution is 5.90. The summed E-state index contributed by atoms with van der Waals surface area (Å²) in [5.41, 5.74) is 2.76. The molecule has 2 heterocycles. The Kier molecular flexibility index (Phi) is 6.19. The lowest BCUT2D eigenvalue weighted by atomic mass is 10.1. The van der Waals surface area contributed by atoms with Gasteiger partial charge < -0.3 is 10.2 Å². The number of hydrogen-bond acceptors (Lipinski definition) is 4. The molecule has 0 unspecified atom stereocenters. The Morgan fingerprint density at radius 3 is 2.18 bits per heavy atom. The minimum atomic E-state index is -0.909. The number of aromatic nitrogens is 2. The number of aromatic carboxylic acids is 2. The van der Waals surface area contributed by atoms with Crippen molar-refractivity contribution in [2.24, 2.45) is 0 Å². The summed E-state index contributed by atoms with van der Waals surface area (Å²) in [6, 6.07) is 3.42. The van der Waals surface area contributed by atoms with E-state index in [0.717, 1.165) is 17.5 Å². The van der Waals surface area contributed by atoms with Crippen LogP contribution in [0.3, 0.4) is 0 Å². The average molecular weight is 302 g/mol. The number of hydrogen-bond donors (Lipinski definition) is 2. The van der Waals surface area contributed by atoms with Gasteiger partial charge in [-0.2, -0.15) is 0 Å². The highest BCUT2D eigenvalue weighted by Crippen LogP contribution is 2.09. The summed E-state index contributed by atoms with van der Waals surface area (Å²) in [4.78, 5) is 28.8. The van der Waals surface area contributed by atoms with Crippen LogP contribution in [0.4, 0.5) is 0 Å². The SMILES string of the molecule is CCc1ccncc1C(=O)O.Cc1ccnc(C)c1C(=O)O. The van der Waals surface area contributed by atoms with E-state index in [1.165, 1.54) is 6.20 Å². The van der Waals surface area contributed by atoms with Gasteiger partial charge in [0, 0.05) is 18.6 Å². The maximum Gasteiger partial charge on any atom is 0.337 e. The molecule has 0 radical (unpaired) electrons. The predicted molar refractivity (Wildman–Crippen MR) is 81.2 cm³/mol. The molecule has 2 rings (SSSR count). The minimum absolute atomic E-state index is 0.301. The summed E-state index contributed by atoms with van der Waals surface area (Å²) in [6.45, 7) is 5.37. The molecule has 0 spiro atoms. The van der Waals surface area contributed by atoms with Gasteiger partial charge in [-0.05, 0) is 43.5 Å². The number of nitrogens with zero attached hydrogens (tertiary/aromatic N) is 2. The van der Waals surface area contributed by atoms with E-state index in [1.807, 2.05) is 6.92 Å². The molecule has 2 aromatic heterocycles. The molecule has 0 saturated carbocycles. The van der Waals surface area contributed by atoms with Gasteiger partial charge in [0.05, 0.1) is 16.8 Å². The molecule has 0 bridgehead atoms. The third kappa shape index (κ3) is 4.37. The second-order valence-electron chi connectivity index (χ2n) is 4.58. The van der Waals surface area contributed by atoms with Crippen molar-refractivity contribution >= 4 is 11.9 Å². The first-order valence-corrected chi connectivity index (χ1v) is 6.70. The predicted octanol–water partition coefficient (Wildman–Crippen LogP) is 2.74. The number of carbonyl (C=O) groups is 2. The Hall–Kier alpha value is -2.76. The van der Waals surface area contributed by atoms with Crippen LogP contribution in [0.1, 0.15) is 44.5 Å². The lowest BCUT2D eigenvalue weighted by Gasteiger charge is -2.01. The normalized spacial score (nSPS) is 9.59. The Morgan fingerprint density at radius 1 is 1.09 bits per heavy atom. The van der Waals surface area contributed by atoms with Crippen LogP contribution in [-0.4, -0.2) is 32.1 Å². The van der Waals surface area contributed by atoms with Crippen molar-refractivity contribution in [2.75, 3.05) is 0 Å². The Balaban J connectivity index is 0.000000220. The molecule has 0 atom stereocenters. The smallest absolute Gasteiger partial charge is 0.337 e. The third-order valence-corrected chi connectivity index (χ3v) is 3.09. The number of pyridine rings is 2. The van der Waals surface area contributed by atoms with Gasteiger partial charge in [-0.25, -0.2) is 9.59 Å². The van der Waals surface area contributed by atoms with Crippen molar-refractivity contribution in [1.82, 2.24) is 9.97 Å². The van der Waals surface area contributed by atoms with Crippen molar-refractivity contribution in [3.05, 3.63) is 58.7 Å². The molecule has 0 aliphatic rings. The summed E-state index contributed by atoms with van der Waals surface area (Å²) in [7, 11) is 0. The average Bonchev–Trinajstić information content (AvgIpc) is 2.47. The highest BCUT2D eigenvalue weighted by Gasteiger charge is 2.09. The van der Waals surface area contributed by atoms with E-state index >= 15 is 0 Å². The van der Waals surface area contributed by atoms with E-state index in [9.17, 15) is 9.59 Å². The van der Waals surface area contributed by atoms with Crippen molar-refractivity contribution in [1.29, 1.82) is 0 Å². The second kappa shape index (κ2) is 7.87. The van der Waals surface area contributed by atoms with Gasteiger partial charge in [0.15, 0.2) is 0 Å². The van der Waals surface area contributed by atoms with E-state index in [1.54, 1.807) is 38.4 Å². The molecule has 6 heteroatoms. The Morgan fingerprint density at radius 2 is 1.77 bits per heavy atom. The van der Waals surface area contributed by atoms with Gasteiger partial charge >= 0.3 is 11.9 Å². The highest BCUT2D eigenvalue weighted by atomic mass is 16.4. The van der Waals surface area contributed by atoms with Crippen LogP contribution < -0.4 is 0 Å². The second-order valence-corrected chi connectivity index (χ2v) is 4.58. The number of aryl methyl sites for hydroxylation is 3. The summed E-state index contributed by atoms with van der Waals surface area (Å²) in [5.74, 6) is -1.82. The molecule has 0 fully saturated rings. The van der Waals surface area contributed by atoms with Crippen molar-refractivity contribution < 1.29 is 19.8 Å². The first-order valence-electron chi connectivity index (χ1n) is 6.70. The van der Waals surface area contributed by atoms with Crippen molar-refractivity contribution in [2.45, 2.75) is 27.2 Å². The van der Waals surface area contributed by atoms with E-state index in [-0.39, 0.29) is 0 Å². The molecular formula is C16H18N2O4. The summed E-state index contributed by atoms with van der Waals surface area (Å²) < 4.78 is 0. The van der Waals surface area contributed by atoms with Crippen molar-refractivity contribution in [3.8, 4) is 0 Å². The third-order valence-electron chi connectivity index (χ3n) is 3.09. The van der Waals surface area contributed by atoms with Crippen LogP contribution in [0.25, 0.3) is 0 Å². The zero-order chi connectivity index (χ0) is 16.7. The van der Waals surface area contributed by atoms with E-state index in [0.29, 0.717) is 16.8 Å². The number of carboxylic acid groups (broad SMARTS) is 2. The summed E-state index contributed by atoms with van der Waals surface area (Å²) in [5, 5.41) is 17.4. The van der Waals surface area contributed by atoms with Crippen LogP contribution in [0, 0.1) is 13.8 Å². The molecule has 0 saturated heterocycles. The van der Waals surface area contributed by atoms with Crippen LogP contribution in [-0.2, 0) is 6.42 Å². The zero-order valence-electron chi connectivity index (χ0n) is 12.7. The van der Waals surface area contributed by atoms with Gasteiger partial charge in [0.2, 0.25) is 0 Å². The molecule has 116 valence electrons. The lowest BCUT2D eigenvalue weighted by Crippen LogP contribution is -2.03. The monoisotopic (exact) mass is 302 g/mol. The maximum atomic E-state index is 10.6. The van der Waals surface area contributed by atoms with Gasteiger partial charge in [-0.3, -0.25) is 9.97 Å². The fourth-order valence-electron chi connectivity index (χ4n) is 1.94. The summed E-state index contributed by atoms with van der Waals surface area (Å²) in [6.07, 6.45) is 5.31. The fraction of sp³-hybridized carbons (Fsp3) is 0.250. The largest absolute Gasteiger partial charge is 0.478 e. The van der Waals surface area contributed by atoms with Gasteiger partial charge in [-0.15, -0.1) is 0 Å². The van der Waals surface area contributed by atoms with Gasteiger partial charge in [-0.1, -0.05) is 6.92 Å². The van der Waals surface area contributed by atoms with Crippen molar-refractivity contribution in [3.63, 3.8) is 0 Å². The number of carboxylic acids is 2. The zero-order valence-corrected chi connectivity index (χ0v) is 12.7. The first-order chi connectivity index (χ1) is 10.4. The van der Waals surface area contributed by atoms with Crippen LogP contribution >= 0.6 is 0 Å². The van der Waals surface area contributed by atoms with Gasteiger partial charge in [0.1, 0.15) is 0 Å². The van der Waals surface area contributed by atoms with E-state index < -0.39 is 11.9 Å². The molecule has 0 aliphatic heterocycles. The topological polar surface area (TPSA) is 100 Å². The maximum absolute atomic E-state index is 10.6. The molecule has 2 aromatic rings. The standard InChI is InChI=1S/2C8H9NO2/c1-5-3-4-9-6(2)7(5)8(10)11;1-2-6-3-4-9-5-7(6)8(10)11/h3-4H,1-2H3,(H,10,11);3-5H,2H2,1H3,(H,10,11). The lowest BCUT2D eigenvalue weighted by molar-refractivity contribution is 0.0684. The quantitative estimate of drug-likeness (QED) is 0.904. The van der Waals surface area contributed by atoms with Crippen LogP contribution in [0.5, 0.6) is 0 Å². The molecule has 0 amide bonds. The molecular weight excluding hydrogens is 284 g/mol. The molecule has 22 heavy (non-hydrogen) atoms. The van der Waals surface area contributed by atoms with E-state index in [4.69, 9.17) is 10.2 Å². The number of rotatable bonds is 3. The van der Waals surface area contributed by atoms with Gasteiger partial charge in [0.25, 0.3) is 0 Å². The van der Waals surface area contributed by atoms with Crippen LogP contribution in [0.15, 0.2) is 30.7 Å². The Bertz CT molecular complexity index is 663. The van der Waals surface area contributed by atoms with E-state index in [2.05, 4.69) is 9.97 Å². The Labute approximate surface area is 128 Å². The fourth-order valence-corrected chi connectivity index (χ4v) is 1.94. The molecule has 0 aliphatic carbocycles. The summed E-state index contributed by atoms with van der Waals surface area (Å²) >= 11 is 0.